The molecule has 0 aliphatic rings. The molecule has 0 amide bonds. The molecule has 6 nitrogen and oxygen atoms in total. The molecule has 1 N–H and O–H groups in total. The van der Waals surface area contributed by atoms with Gasteiger partial charge in [0.25, 0.3) is 0 Å². The largest absolute Gasteiger partial charge is 0.497 e. The molecular formula is C28H37N3O3. The summed E-state index contributed by atoms with van der Waals surface area (Å²) in [4.78, 5) is 2.29. The van der Waals surface area contributed by atoms with Crippen LogP contribution in [0.1, 0.15) is 37.9 Å². The van der Waals surface area contributed by atoms with Crippen molar-refractivity contribution >= 4 is 0 Å². The standard InChI is InChI=1S/C28H37N3O3/c1-6-7-14-24(32)19-30(18-21(2)3)20-27-22(4)29-31(23-12-9-8-10-13-23)28(27)34-26-16-11-15-25(17-26)33-5/h6,8-13,15-17,21,24,32H,1,7,14,18-20H2,2-5H3. The maximum atomic E-state index is 10.6. The molecule has 0 radical (unpaired) electrons. The van der Waals surface area contributed by atoms with Crippen molar-refractivity contribution in [3.63, 3.8) is 0 Å². The Bertz CT molecular complexity index is 1050. The number of nitrogens with zero attached hydrogens (tertiary/aromatic N) is 3. The highest BCUT2D eigenvalue weighted by Crippen LogP contribution is 2.33. The molecule has 34 heavy (non-hydrogen) atoms. The van der Waals surface area contributed by atoms with Gasteiger partial charge in [0.05, 0.1) is 30.2 Å². The van der Waals surface area contributed by atoms with Gasteiger partial charge in [0, 0.05) is 25.7 Å². The SMILES string of the molecule is C=CCCC(O)CN(Cc1c(C)nn(-c2ccccc2)c1Oc1cccc(OC)c1)CC(C)C. The van der Waals surface area contributed by atoms with E-state index >= 15 is 0 Å². The number of rotatable bonds is 13. The van der Waals surface area contributed by atoms with Crippen molar-refractivity contribution in [3.05, 3.63) is 78.5 Å². The first-order valence-corrected chi connectivity index (χ1v) is 11.9. The monoisotopic (exact) mass is 463 g/mol. The van der Waals surface area contributed by atoms with Crippen LogP contribution in [0.15, 0.2) is 67.3 Å². The zero-order chi connectivity index (χ0) is 24.5. The van der Waals surface area contributed by atoms with Crippen LogP contribution in [-0.4, -0.2) is 46.1 Å². The first-order chi connectivity index (χ1) is 16.4. The minimum Gasteiger partial charge on any atom is -0.497 e. The summed E-state index contributed by atoms with van der Waals surface area (Å²) in [6.07, 6.45) is 2.94. The van der Waals surface area contributed by atoms with Crippen molar-refractivity contribution < 1.29 is 14.6 Å². The van der Waals surface area contributed by atoms with E-state index in [1.807, 2.05) is 72.3 Å². The second-order valence-corrected chi connectivity index (χ2v) is 9.01. The number of allylic oxidation sites excluding steroid dienone is 1. The second-order valence-electron chi connectivity index (χ2n) is 9.01. The Labute approximate surface area is 203 Å². The van der Waals surface area contributed by atoms with E-state index in [4.69, 9.17) is 14.6 Å². The number of hydrogen-bond acceptors (Lipinski definition) is 5. The lowest BCUT2D eigenvalue weighted by Crippen LogP contribution is -2.35. The summed E-state index contributed by atoms with van der Waals surface area (Å²) in [6.45, 7) is 12.2. The van der Waals surface area contributed by atoms with E-state index in [9.17, 15) is 5.11 Å². The highest BCUT2D eigenvalue weighted by molar-refractivity contribution is 5.44. The summed E-state index contributed by atoms with van der Waals surface area (Å²) in [5.41, 5.74) is 2.83. The van der Waals surface area contributed by atoms with Crippen LogP contribution >= 0.6 is 0 Å². The number of aromatic nitrogens is 2. The molecule has 6 heteroatoms. The van der Waals surface area contributed by atoms with E-state index < -0.39 is 6.10 Å². The molecule has 1 heterocycles. The molecule has 182 valence electrons. The van der Waals surface area contributed by atoms with Gasteiger partial charge in [0.15, 0.2) is 0 Å². The fourth-order valence-corrected chi connectivity index (χ4v) is 3.99. The van der Waals surface area contributed by atoms with Crippen molar-refractivity contribution in [2.75, 3.05) is 20.2 Å². The Hall–Kier alpha value is -3.09. The molecule has 0 bridgehead atoms. The lowest BCUT2D eigenvalue weighted by Gasteiger charge is -2.27. The molecule has 0 spiro atoms. The number of aryl methyl sites for hydroxylation is 1. The van der Waals surface area contributed by atoms with Crippen molar-refractivity contribution in [2.45, 2.75) is 46.3 Å². The molecule has 1 unspecified atom stereocenters. The van der Waals surface area contributed by atoms with Crippen LogP contribution in [0.4, 0.5) is 0 Å². The molecular weight excluding hydrogens is 426 g/mol. The third-order valence-electron chi connectivity index (χ3n) is 5.57. The Morgan fingerprint density at radius 2 is 1.82 bits per heavy atom. The molecule has 1 aromatic heterocycles. The molecule has 3 rings (SSSR count). The minimum atomic E-state index is -0.413. The van der Waals surface area contributed by atoms with Gasteiger partial charge in [-0.15, -0.1) is 6.58 Å². The third kappa shape index (κ3) is 6.95. The molecule has 0 saturated carbocycles. The highest BCUT2D eigenvalue weighted by atomic mass is 16.5. The maximum absolute atomic E-state index is 10.6. The summed E-state index contributed by atoms with van der Waals surface area (Å²) >= 11 is 0. The number of benzene rings is 2. The average Bonchev–Trinajstić information content (AvgIpc) is 3.12. The van der Waals surface area contributed by atoms with Gasteiger partial charge in [-0.3, -0.25) is 4.90 Å². The van der Waals surface area contributed by atoms with E-state index in [-0.39, 0.29) is 0 Å². The lowest BCUT2D eigenvalue weighted by atomic mass is 10.1. The zero-order valence-electron chi connectivity index (χ0n) is 20.8. The van der Waals surface area contributed by atoms with E-state index in [0.29, 0.717) is 37.1 Å². The topological polar surface area (TPSA) is 59.8 Å². The summed E-state index contributed by atoms with van der Waals surface area (Å²) in [5, 5.41) is 15.4. The number of methoxy groups -OCH3 is 1. The van der Waals surface area contributed by atoms with Gasteiger partial charge in [0.1, 0.15) is 11.5 Å². The zero-order valence-corrected chi connectivity index (χ0v) is 20.8. The third-order valence-corrected chi connectivity index (χ3v) is 5.57. The first kappa shape index (κ1) is 25.5. The van der Waals surface area contributed by atoms with Crippen molar-refractivity contribution in [1.82, 2.24) is 14.7 Å². The summed E-state index contributed by atoms with van der Waals surface area (Å²) in [7, 11) is 1.64. The van der Waals surface area contributed by atoms with Crippen LogP contribution < -0.4 is 9.47 Å². The van der Waals surface area contributed by atoms with Crippen LogP contribution in [0, 0.1) is 12.8 Å². The van der Waals surface area contributed by atoms with Crippen molar-refractivity contribution in [2.24, 2.45) is 5.92 Å². The van der Waals surface area contributed by atoms with E-state index in [2.05, 4.69) is 25.3 Å². The van der Waals surface area contributed by atoms with Crippen LogP contribution in [0.2, 0.25) is 0 Å². The second kappa shape index (κ2) is 12.4. The van der Waals surface area contributed by atoms with Crippen LogP contribution in [0.3, 0.4) is 0 Å². The number of aliphatic hydroxyl groups excluding tert-OH is 1. The van der Waals surface area contributed by atoms with Crippen LogP contribution in [-0.2, 0) is 6.54 Å². The van der Waals surface area contributed by atoms with Gasteiger partial charge in [-0.25, -0.2) is 4.68 Å². The Balaban J connectivity index is 1.98. The maximum Gasteiger partial charge on any atom is 0.227 e. The van der Waals surface area contributed by atoms with E-state index in [1.54, 1.807) is 7.11 Å². The Morgan fingerprint density at radius 1 is 1.09 bits per heavy atom. The fraction of sp³-hybridized carbons (Fsp3) is 0.393. The molecule has 1 atom stereocenters. The van der Waals surface area contributed by atoms with Crippen LogP contribution in [0.5, 0.6) is 17.4 Å². The van der Waals surface area contributed by atoms with Gasteiger partial charge in [-0.1, -0.05) is 44.2 Å². The quantitative estimate of drug-likeness (QED) is 0.326. The predicted molar refractivity (Wildman–Crippen MR) is 137 cm³/mol. The number of ether oxygens (including phenoxy) is 2. The lowest BCUT2D eigenvalue weighted by molar-refractivity contribution is 0.0952. The highest BCUT2D eigenvalue weighted by Gasteiger charge is 2.23. The van der Waals surface area contributed by atoms with E-state index in [0.717, 1.165) is 35.7 Å². The number of hydrogen-bond donors (Lipinski definition) is 1. The summed E-state index contributed by atoms with van der Waals surface area (Å²) in [5.74, 6) is 2.54. The Morgan fingerprint density at radius 3 is 2.50 bits per heavy atom. The van der Waals surface area contributed by atoms with Gasteiger partial charge >= 0.3 is 0 Å². The summed E-state index contributed by atoms with van der Waals surface area (Å²) in [6, 6.07) is 17.6. The van der Waals surface area contributed by atoms with E-state index in [1.165, 1.54) is 0 Å². The molecule has 2 aromatic carbocycles. The molecule has 0 aliphatic heterocycles. The van der Waals surface area contributed by atoms with Crippen molar-refractivity contribution in [1.29, 1.82) is 0 Å². The first-order valence-electron chi connectivity index (χ1n) is 11.9. The van der Waals surface area contributed by atoms with Gasteiger partial charge in [-0.05, 0) is 49.9 Å². The molecule has 3 aromatic rings. The molecule has 0 saturated heterocycles. The normalized spacial score (nSPS) is 12.2. The molecule has 0 fully saturated rings. The van der Waals surface area contributed by atoms with Crippen molar-refractivity contribution in [3.8, 4) is 23.1 Å². The van der Waals surface area contributed by atoms with Gasteiger partial charge in [0.2, 0.25) is 5.88 Å². The van der Waals surface area contributed by atoms with Gasteiger partial charge < -0.3 is 14.6 Å². The van der Waals surface area contributed by atoms with Crippen LogP contribution in [0.25, 0.3) is 5.69 Å². The average molecular weight is 464 g/mol. The number of aliphatic hydroxyl groups is 1. The summed E-state index contributed by atoms with van der Waals surface area (Å²) < 4.78 is 13.7. The predicted octanol–water partition coefficient (Wildman–Crippen LogP) is 5.77. The number of para-hydroxylation sites is 1. The Kier molecular flexibility index (Phi) is 9.31. The van der Waals surface area contributed by atoms with Gasteiger partial charge in [-0.2, -0.15) is 5.10 Å². The minimum absolute atomic E-state index is 0.413. The molecule has 0 aliphatic carbocycles. The smallest absolute Gasteiger partial charge is 0.227 e. The fourth-order valence-electron chi connectivity index (χ4n) is 3.99.